The number of unbranched alkanes of at least 4 members (excludes halogenated alkanes) is 22. The maximum absolute atomic E-state index is 12.3. The van der Waals surface area contributed by atoms with Crippen LogP contribution in [-0.2, 0) is 4.79 Å². The quantitative estimate of drug-likeness (QED) is 0.0471. The topological polar surface area (TPSA) is 89.8 Å². The molecule has 244 valence electrons. The van der Waals surface area contributed by atoms with Crippen LogP contribution >= 0.6 is 0 Å². The molecule has 3 unspecified atom stereocenters. The second-order valence-electron chi connectivity index (χ2n) is 12.5. The predicted molar refractivity (Wildman–Crippen MR) is 176 cm³/mol. The van der Waals surface area contributed by atoms with Crippen LogP contribution in [0.3, 0.4) is 0 Å². The van der Waals surface area contributed by atoms with Crippen molar-refractivity contribution in [2.24, 2.45) is 0 Å². The lowest BCUT2D eigenvalue weighted by Crippen LogP contribution is -2.46. The summed E-state index contributed by atoms with van der Waals surface area (Å²) in [6, 6.07) is -0.667. The number of aliphatic hydroxyl groups is 3. The van der Waals surface area contributed by atoms with E-state index in [-0.39, 0.29) is 18.9 Å². The lowest BCUT2D eigenvalue weighted by Gasteiger charge is -2.23. The number of carbonyl (C=O) groups excluding carboxylic acids is 1. The van der Waals surface area contributed by atoms with Gasteiger partial charge in [0, 0.05) is 0 Å². The Kier molecular flexibility index (Phi) is 31.3. The van der Waals surface area contributed by atoms with Gasteiger partial charge in [-0.2, -0.15) is 0 Å². The molecule has 0 aliphatic carbocycles. The van der Waals surface area contributed by atoms with Crippen molar-refractivity contribution in [1.82, 2.24) is 5.32 Å². The van der Waals surface area contributed by atoms with Crippen molar-refractivity contribution in [2.75, 3.05) is 6.61 Å². The van der Waals surface area contributed by atoms with Crippen LogP contribution in [0.25, 0.3) is 0 Å². The highest BCUT2D eigenvalue weighted by molar-refractivity contribution is 5.76. The number of hydrogen-bond donors (Lipinski definition) is 4. The van der Waals surface area contributed by atoms with E-state index in [0.717, 1.165) is 25.7 Å². The first-order valence-electron chi connectivity index (χ1n) is 18.0. The van der Waals surface area contributed by atoms with Gasteiger partial charge in [0.05, 0.1) is 31.3 Å². The second-order valence-corrected chi connectivity index (χ2v) is 12.5. The monoisotopic (exact) mass is 582 g/mol. The maximum atomic E-state index is 12.3. The number of allylic oxidation sites excluding steroid dienone is 1. The first-order chi connectivity index (χ1) is 20.0. The molecule has 3 atom stereocenters. The van der Waals surface area contributed by atoms with Gasteiger partial charge >= 0.3 is 0 Å². The summed E-state index contributed by atoms with van der Waals surface area (Å²) in [6.07, 6.45) is 34.8. The molecule has 0 aliphatic rings. The molecular formula is C36H71NO4. The highest BCUT2D eigenvalue weighted by Gasteiger charge is 2.21. The Morgan fingerprint density at radius 2 is 1.02 bits per heavy atom. The zero-order chi connectivity index (χ0) is 30.2. The van der Waals surface area contributed by atoms with Crippen LogP contribution < -0.4 is 5.32 Å². The van der Waals surface area contributed by atoms with Crippen LogP contribution in [-0.4, -0.2) is 46.1 Å². The zero-order valence-corrected chi connectivity index (χ0v) is 27.4. The molecule has 0 aromatic carbocycles. The molecule has 0 bridgehead atoms. The second kappa shape index (κ2) is 32.0. The van der Waals surface area contributed by atoms with E-state index < -0.39 is 18.2 Å². The summed E-state index contributed by atoms with van der Waals surface area (Å²) in [4.78, 5) is 12.3. The van der Waals surface area contributed by atoms with Crippen LogP contribution in [0.2, 0.25) is 0 Å². The molecule has 0 radical (unpaired) electrons. The molecule has 0 spiro atoms. The maximum Gasteiger partial charge on any atom is 0.222 e. The van der Waals surface area contributed by atoms with Gasteiger partial charge in [-0.05, 0) is 25.7 Å². The standard InChI is InChI=1S/C36H71NO4/c1-3-5-7-9-11-12-13-14-15-16-17-18-19-20-21-22-24-26-28-30-35(40)34(32-38)37-36(41)31-33(39)29-27-25-23-10-8-6-4-2/h25,27,33-35,38-40H,3-24,26,28-32H2,1-2H3,(H,37,41)/b27-25-. The Morgan fingerprint density at radius 1 is 0.610 bits per heavy atom. The van der Waals surface area contributed by atoms with Crippen LogP contribution in [0.5, 0.6) is 0 Å². The molecule has 0 aromatic heterocycles. The van der Waals surface area contributed by atoms with Gasteiger partial charge in [0.25, 0.3) is 0 Å². The number of carbonyl (C=O) groups is 1. The van der Waals surface area contributed by atoms with Crippen molar-refractivity contribution in [3.63, 3.8) is 0 Å². The molecule has 41 heavy (non-hydrogen) atoms. The lowest BCUT2D eigenvalue weighted by atomic mass is 10.0. The van der Waals surface area contributed by atoms with E-state index >= 15 is 0 Å². The minimum atomic E-state index is -0.755. The van der Waals surface area contributed by atoms with Crippen LogP contribution in [0, 0.1) is 0 Å². The fourth-order valence-corrected chi connectivity index (χ4v) is 5.52. The summed E-state index contributed by atoms with van der Waals surface area (Å²) in [5.74, 6) is -0.319. The number of aliphatic hydroxyl groups excluding tert-OH is 3. The minimum absolute atomic E-state index is 0.0113. The normalized spacial score (nSPS) is 14.0. The lowest BCUT2D eigenvalue weighted by molar-refractivity contribution is -0.125. The Balaban J connectivity index is 3.62. The van der Waals surface area contributed by atoms with Gasteiger partial charge in [-0.3, -0.25) is 4.79 Å². The van der Waals surface area contributed by atoms with Gasteiger partial charge in [-0.25, -0.2) is 0 Å². The van der Waals surface area contributed by atoms with E-state index in [1.54, 1.807) is 0 Å². The first-order valence-corrected chi connectivity index (χ1v) is 18.0. The molecule has 0 saturated carbocycles. The third kappa shape index (κ3) is 29.0. The molecule has 5 nitrogen and oxygen atoms in total. The first kappa shape index (κ1) is 40.1. The third-order valence-corrected chi connectivity index (χ3v) is 8.33. The van der Waals surface area contributed by atoms with Gasteiger partial charge < -0.3 is 20.6 Å². The third-order valence-electron chi connectivity index (χ3n) is 8.33. The molecule has 1 amide bonds. The Hall–Kier alpha value is -0.910. The average Bonchev–Trinajstić information content (AvgIpc) is 2.96. The van der Waals surface area contributed by atoms with Gasteiger partial charge in [0.1, 0.15) is 0 Å². The number of rotatable bonds is 32. The molecule has 5 heteroatoms. The molecular weight excluding hydrogens is 510 g/mol. The van der Waals surface area contributed by atoms with Crippen molar-refractivity contribution in [2.45, 2.75) is 205 Å². The van der Waals surface area contributed by atoms with E-state index in [0.29, 0.717) is 12.8 Å². The number of hydrogen-bond acceptors (Lipinski definition) is 4. The van der Waals surface area contributed by atoms with Crippen LogP contribution in [0.4, 0.5) is 0 Å². The molecule has 0 aromatic rings. The van der Waals surface area contributed by atoms with Gasteiger partial charge in [0.2, 0.25) is 5.91 Å². The van der Waals surface area contributed by atoms with E-state index in [1.165, 1.54) is 128 Å². The van der Waals surface area contributed by atoms with Gasteiger partial charge in [-0.15, -0.1) is 0 Å². The summed E-state index contributed by atoms with van der Waals surface area (Å²) in [5.41, 5.74) is 0. The Bertz CT molecular complexity index is 568. The van der Waals surface area contributed by atoms with Crippen molar-refractivity contribution < 1.29 is 20.1 Å². The Morgan fingerprint density at radius 3 is 1.46 bits per heavy atom. The fraction of sp³-hybridized carbons (Fsp3) is 0.917. The van der Waals surface area contributed by atoms with E-state index in [2.05, 4.69) is 25.2 Å². The number of nitrogens with one attached hydrogen (secondary N) is 1. The fourth-order valence-electron chi connectivity index (χ4n) is 5.52. The Labute approximate surface area is 255 Å². The van der Waals surface area contributed by atoms with Crippen LogP contribution in [0.15, 0.2) is 12.2 Å². The van der Waals surface area contributed by atoms with Crippen LogP contribution in [0.1, 0.15) is 187 Å². The zero-order valence-electron chi connectivity index (χ0n) is 27.4. The van der Waals surface area contributed by atoms with Crippen molar-refractivity contribution in [1.29, 1.82) is 0 Å². The molecule has 0 fully saturated rings. The van der Waals surface area contributed by atoms with Crippen molar-refractivity contribution >= 4 is 5.91 Å². The molecule has 0 aliphatic heterocycles. The predicted octanol–water partition coefficient (Wildman–Crippen LogP) is 9.31. The van der Waals surface area contributed by atoms with E-state index in [1.807, 2.05) is 6.08 Å². The molecule has 4 N–H and O–H groups in total. The molecule has 0 heterocycles. The van der Waals surface area contributed by atoms with E-state index in [9.17, 15) is 20.1 Å². The summed E-state index contributed by atoms with van der Waals surface area (Å²) < 4.78 is 0. The molecule has 0 rings (SSSR count). The van der Waals surface area contributed by atoms with Crippen molar-refractivity contribution in [3.8, 4) is 0 Å². The highest BCUT2D eigenvalue weighted by Crippen LogP contribution is 2.15. The highest BCUT2D eigenvalue weighted by atomic mass is 16.3. The van der Waals surface area contributed by atoms with E-state index in [4.69, 9.17) is 0 Å². The summed E-state index contributed by atoms with van der Waals surface area (Å²) in [5, 5.41) is 32.9. The SMILES string of the molecule is CCCCCC/C=C\CC(O)CC(=O)NC(CO)C(O)CCCCCCCCCCCCCCCCCCCCC. The largest absolute Gasteiger partial charge is 0.394 e. The van der Waals surface area contributed by atoms with Crippen molar-refractivity contribution in [3.05, 3.63) is 12.2 Å². The van der Waals surface area contributed by atoms with Gasteiger partial charge in [-0.1, -0.05) is 167 Å². The minimum Gasteiger partial charge on any atom is -0.394 e. The smallest absolute Gasteiger partial charge is 0.222 e. The number of amides is 1. The summed E-state index contributed by atoms with van der Waals surface area (Å²) >= 11 is 0. The summed E-state index contributed by atoms with van der Waals surface area (Å²) in [7, 11) is 0. The van der Waals surface area contributed by atoms with Gasteiger partial charge in [0.15, 0.2) is 0 Å². The summed E-state index contributed by atoms with van der Waals surface area (Å²) in [6.45, 7) is 4.18. The average molecular weight is 582 g/mol. The molecule has 0 saturated heterocycles.